The minimum Gasteiger partial charge on any atom is -0.279 e. The molecule has 0 saturated heterocycles. The van der Waals surface area contributed by atoms with E-state index in [0.29, 0.717) is 27.8 Å². The van der Waals surface area contributed by atoms with Gasteiger partial charge in [0.15, 0.2) is 5.13 Å². The molecule has 1 aromatic heterocycles. The summed E-state index contributed by atoms with van der Waals surface area (Å²) in [6.07, 6.45) is 0. The van der Waals surface area contributed by atoms with Crippen LogP contribution in [0.5, 0.6) is 0 Å². The number of aromatic nitrogens is 1. The fourth-order valence-electron chi connectivity index (χ4n) is 2.76. The number of fused-ring (bicyclic) bond motifs is 1. The van der Waals surface area contributed by atoms with Crippen molar-refractivity contribution in [1.82, 2.24) is 4.98 Å². The topological polar surface area (TPSA) is 33.2 Å². The predicted octanol–water partition coefficient (Wildman–Crippen LogP) is 5.94. The molecule has 1 amide bonds. The summed E-state index contributed by atoms with van der Waals surface area (Å²) in [5.41, 5.74) is 2.04. The lowest BCUT2D eigenvalue weighted by Crippen LogP contribution is -2.30. The Labute approximate surface area is 164 Å². The van der Waals surface area contributed by atoms with Crippen molar-refractivity contribution < 1.29 is 9.18 Å². The fourth-order valence-corrected chi connectivity index (χ4v) is 4.02. The fraction of sp³-hybridized carbons (Fsp3) is 0.0476. The zero-order valence-electron chi connectivity index (χ0n) is 14.1. The van der Waals surface area contributed by atoms with Crippen molar-refractivity contribution in [1.29, 1.82) is 0 Å². The van der Waals surface area contributed by atoms with Gasteiger partial charge in [0.05, 0.1) is 16.3 Å². The van der Waals surface area contributed by atoms with E-state index in [1.807, 2.05) is 42.5 Å². The molecule has 0 spiro atoms. The first-order valence-electron chi connectivity index (χ1n) is 8.28. The molecule has 134 valence electrons. The first-order valence-corrected chi connectivity index (χ1v) is 9.48. The van der Waals surface area contributed by atoms with Crippen molar-refractivity contribution in [2.75, 3.05) is 4.90 Å². The van der Waals surface area contributed by atoms with Gasteiger partial charge in [0, 0.05) is 5.56 Å². The number of nitrogens with zero attached hydrogens (tertiary/aromatic N) is 2. The molecular weight excluding hydrogens is 383 g/mol. The van der Waals surface area contributed by atoms with Crippen molar-refractivity contribution in [3.8, 4) is 0 Å². The second kappa shape index (κ2) is 7.47. The lowest BCUT2D eigenvalue weighted by Gasteiger charge is -2.20. The highest BCUT2D eigenvalue weighted by atomic mass is 35.5. The lowest BCUT2D eigenvalue weighted by molar-refractivity contribution is 0.0985. The van der Waals surface area contributed by atoms with Crippen LogP contribution in [-0.4, -0.2) is 10.9 Å². The number of carbonyl (C=O) groups is 1. The molecule has 0 aliphatic rings. The van der Waals surface area contributed by atoms with Crippen molar-refractivity contribution in [2.24, 2.45) is 0 Å². The van der Waals surface area contributed by atoms with E-state index >= 15 is 0 Å². The van der Waals surface area contributed by atoms with Crippen molar-refractivity contribution in [2.45, 2.75) is 6.54 Å². The number of hydrogen-bond donors (Lipinski definition) is 0. The molecule has 3 aromatic carbocycles. The molecule has 0 aliphatic carbocycles. The van der Waals surface area contributed by atoms with Crippen LogP contribution in [0.4, 0.5) is 9.52 Å². The molecule has 0 fully saturated rings. The Bertz CT molecular complexity index is 1100. The highest BCUT2D eigenvalue weighted by Crippen LogP contribution is 2.34. The van der Waals surface area contributed by atoms with Crippen LogP contribution in [-0.2, 0) is 6.54 Å². The van der Waals surface area contributed by atoms with Crippen molar-refractivity contribution >= 4 is 44.2 Å². The van der Waals surface area contributed by atoms with Crippen LogP contribution in [0.25, 0.3) is 10.2 Å². The normalized spacial score (nSPS) is 10.9. The van der Waals surface area contributed by atoms with Crippen LogP contribution < -0.4 is 4.90 Å². The third-order valence-corrected chi connectivity index (χ3v) is 5.46. The predicted molar refractivity (Wildman–Crippen MR) is 108 cm³/mol. The summed E-state index contributed by atoms with van der Waals surface area (Å²) in [4.78, 5) is 19.4. The molecule has 0 atom stereocenters. The number of carbonyl (C=O) groups excluding carboxylic acids is 1. The lowest BCUT2D eigenvalue weighted by atomic mass is 10.1. The number of hydrogen-bond acceptors (Lipinski definition) is 3. The first-order chi connectivity index (χ1) is 13.1. The van der Waals surface area contributed by atoms with Gasteiger partial charge in [-0.25, -0.2) is 9.37 Å². The molecular formula is C21H14ClFN2OS. The average molecular weight is 397 g/mol. The molecule has 0 aliphatic heterocycles. The SMILES string of the molecule is O=C(c1ccc(F)cc1)N(Cc1ccccc1)c1nc2c(Cl)cccc2s1. The number of thiazole rings is 1. The number of amides is 1. The summed E-state index contributed by atoms with van der Waals surface area (Å²) < 4.78 is 14.2. The molecule has 0 saturated carbocycles. The van der Waals surface area contributed by atoms with Gasteiger partial charge in [-0.3, -0.25) is 9.69 Å². The van der Waals surface area contributed by atoms with Gasteiger partial charge < -0.3 is 0 Å². The van der Waals surface area contributed by atoms with E-state index in [0.717, 1.165) is 10.3 Å². The Morgan fingerprint density at radius 1 is 1.00 bits per heavy atom. The monoisotopic (exact) mass is 396 g/mol. The summed E-state index contributed by atoms with van der Waals surface area (Å²) in [5, 5.41) is 1.10. The van der Waals surface area contributed by atoms with Crippen LogP contribution in [0.2, 0.25) is 5.02 Å². The van der Waals surface area contributed by atoms with E-state index < -0.39 is 0 Å². The molecule has 0 N–H and O–H groups in total. The van der Waals surface area contributed by atoms with Crippen LogP contribution in [0.15, 0.2) is 72.8 Å². The van der Waals surface area contributed by atoms with E-state index in [2.05, 4.69) is 4.98 Å². The van der Waals surface area contributed by atoms with Crippen LogP contribution in [0.3, 0.4) is 0 Å². The minimum absolute atomic E-state index is 0.242. The highest BCUT2D eigenvalue weighted by molar-refractivity contribution is 7.22. The van der Waals surface area contributed by atoms with Crippen molar-refractivity contribution in [3.63, 3.8) is 0 Å². The van der Waals surface area contributed by atoms with E-state index in [-0.39, 0.29) is 11.7 Å². The summed E-state index contributed by atoms with van der Waals surface area (Å²) in [5.74, 6) is -0.623. The molecule has 0 unspecified atom stereocenters. The minimum atomic E-state index is -0.382. The van der Waals surface area contributed by atoms with Gasteiger partial charge in [0.2, 0.25) is 0 Å². The van der Waals surface area contributed by atoms with Gasteiger partial charge in [0.25, 0.3) is 5.91 Å². The molecule has 0 bridgehead atoms. The highest BCUT2D eigenvalue weighted by Gasteiger charge is 2.22. The summed E-state index contributed by atoms with van der Waals surface area (Å²) in [7, 11) is 0. The number of halogens is 2. The maximum Gasteiger partial charge on any atom is 0.260 e. The van der Waals surface area contributed by atoms with E-state index in [9.17, 15) is 9.18 Å². The van der Waals surface area contributed by atoms with Crippen LogP contribution in [0.1, 0.15) is 15.9 Å². The number of rotatable bonds is 4. The Kier molecular flexibility index (Phi) is 4.88. The maximum absolute atomic E-state index is 13.3. The van der Waals surface area contributed by atoms with Gasteiger partial charge in [-0.1, -0.05) is 59.3 Å². The average Bonchev–Trinajstić information content (AvgIpc) is 3.12. The quantitative estimate of drug-likeness (QED) is 0.428. The van der Waals surface area contributed by atoms with Crippen molar-refractivity contribution in [3.05, 3.63) is 94.8 Å². The van der Waals surface area contributed by atoms with Gasteiger partial charge in [-0.2, -0.15) is 0 Å². The summed E-state index contributed by atoms with van der Waals surface area (Å²) >= 11 is 7.65. The Morgan fingerprint density at radius 2 is 1.74 bits per heavy atom. The number of para-hydroxylation sites is 1. The molecule has 4 aromatic rings. The van der Waals surface area contributed by atoms with Gasteiger partial charge >= 0.3 is 0 Å². The second-order valence-corrected chi connectivity index (χ2v) is 7.38. The third kappa shape index (κ3) is 3.70. The Balaban J connectivity index is 1.78. The molecule has 1 heterocycles. The van der Waals surface area contributed by atoms with Crippen LogP contribution in [0, 0.1) is 5.82 Å². The number of benzene rings is 3. The van der Waals surface area contributed by atoms with Gasteiger partial charge in [0.1, 0.15) is 11.3 Å². The van der Waals surface area contributed by atoms with Gasteiger partial charge in [-0.15, -0.1) is 0 Å². The standard InChI is InChI=1S/C21H14ClFN2OS/c22-17-7-4-8-18-19(17)24-21(27-18)25(13-14-5-2-1-3-6-14)20(26)15-9-11-16(23)12-10-15/h1-12H,13H2. The zero-order chi connectivity index (χ0) is 18.8. The second-order valence-electron chi connectivity index (χ2n) is 5.97. The summed E-state index contributed by atoms with van der Waals surface area (Å²) in [6, 6.07) is 20.7. The molecule has 3 nitrogen and oxygen atoms in total. The first kappa shape index (κ1) is 17.6. The smallest absolute Gasteiger partial charge is 0.260 e. The third-order valence-electron chi connectivity index (χ3n) is 4.11. The zero-order valence-corrected chi connectivity index (χ0v) is 15.7. The number of anilines is 1. The van der Waals surface area contributed by atoms with E-state index in [1.54, 1.807) is 11.0 Å². The molecule has 6 heteroatoms. The van der Waals surface area contributed by atoms with E-state index in [1.165, 1.54) is 35.6 Å². The van der Waals surface area contributed by atoms with Crippen LogP contribution >= 0.6 is 22.9 Å². The molecule has 27 heavy (non-hydrogen) atoms. The Morgan fingerprint density at radius 3 is 2.44 bits per heavy atom. The van der Waals surface area contributed by atoms with E-state index in [4.69, 9.17) is 11.6 Å². The maximum atomic E-state index is 13.3. The summed E-state index contributed by atoms with van der Waals surface area (Å²) in [6.45, 7) is 0.356. The van der Waals surface area contributed by atoms with Gasteiger partial charge in [-0.05, 0) is 42.0 Å². The Hall–Kier alpha value is -2.76. The molecule has 4 rings (SSSR count). The largest absolute Gasteiger partial charge is 0.279 e. The molecule has 0 radical (unpaired) electrons.